The second-order valence-corrected chi connectivity index (χ2v) is 7.19. The normalized spacial score (nSPS) is 29.7. The first-order valence-electron chi connectivity index (χ1n) is 9.14. The number of aryl methyl sites for hydroxylation is 2. The molecule has 0 amide bonds. The topological polar surface area (TPSA) is 76.8 Å². The van der Waals surface area contributed by atoms with Gasteiger partial charge in [-0.05, 0) is 39.0 Å². The lowest BCUT2D eigenvalue weighted by atomic mass is 9.79. The fraction of sp³-hybridized carbons (Fsp3) is 0.778. The van der Waals surface area contributed by atoms with Crippen LogP contribution in [0.3, 0.4) is 0 Å². The minimum absolute atomic E-state index is 0.0147. The third kappa shape index (κ3) is 4.04. The molecule has 0 spiro atoms. The fourth-order valence-corrected chi connectivity index (χ4v) is 4.45. The van der Waals surface area contributed by atoms with E-state index in [1.165, 1.54) is 0 Å². The van der Waals surface area contributed by atoms with Crippen molar-refractivity contribution < 1.29 is 19.4 Å². The van der Waals surface area contributed by atoms with E-state index < -0.39 is 5.97 Å². The van der Waals surface area contributed by atoms with Crippen molar-refractivity contribution >= 4 is 5.97 Å². The number of hydrogen-bond acceptors (Lipinski definition) is 5. The molecule has 2 heterocycles. The van der Waals surface area contributed by atoms with Crippen molar-refractivity contribution in [3.63, 3.8) is 0 Å². The summed E-state index contributed by atoms with van der Waals surface area (Å²) in [7, 11) is 1.81. The first kappa shape index (κ1) is 18.4. The van der Waals surface area contributed by atoms with Crippen LogP contribution in [0.2, 0.25) is 0 Å². The van der Waals surface area contributed by atoms with Crippen molar-refractivity contribution in [1.29, 1.82) is 0 Å². The monoisotopic (exact) mass is 351 g/mol. The van der Waals surface area contributed by atoms with Gasteiger partial charge in [-0.2, -0.15) is 0 Å². The molecule has 1 N–H and O–H groups in total. The van der Waals surface area contributed by atoms with E-state index in [0.29, 0.717) is 6.04 Å². The molecule has 0 aromatic carbocycles. The minimum Gasteiger partial charge on any atom is -0.480 e. The summed E-state index contributed by atoms with van der Waals surface area (Å²) in [4.78, 5) is 17.5. The molecule has 1 aliphatic heterocycles. The van der Waals surface area contributed by atoms with E-state index in [2.05, 4.69) is 14.5 Å². The minimum atomic E-state index is -0.900. The highest BCUT2D eigenvalue weighted by Gasteiger charge is 2.50. The molecule has 1 aromatic rings. The molecular weight excluding hydrogens is 322 g/mol. The van der Waals surface area contributed by atoms with Crippen LogP contribution < -0.4 is 0 Å². The Morgan fingerprint density at radius 3 is 2.96 bits per heavy atom. The number of carboxylic acids is 1. The summed E-state index contributed by atoms with van der Waals surface area (Å²) in [5.41, 5.74) is -0.0893. The van der Waals surface area contributed by atoms with Gasteiger partial charge in [-0.25, -0.2) is 9.78 Å². The van der Waals surface area contributed by atoms with Gasteiger partial charge in [0, 0.05) is 45.2 Å². The first-order chi connectivity index (χ1) is 12.0. The van der Waals surface area contributed by atoms with Crippen LogP contribution in [0.1, 0.15) is 37.9 Å². The van der Waals surface area contributed by atoms with Crippen molar-refractivity contribution in [3.05, 3.63) is 18.2 Å². The summed E-state index contributed by atoms with van der Waals surface area (Å²) in [6.45, 7) is 4.83. The molecule has 25 heavy (non-hydrogen) atoms. The van der Waals surface area contributed by atoms with E-state index in [-0.39, 0.29) is 18.3 Å². The zero-order chi connectivity index (χ0) is 17.9. The van der Waals surface area contributed by atoms with E-state index in [1.54, 1.807) is 0 Å². The Morgan fingerprint density at radius 1 is 1.44 bits per heavy atom. The predicted octanol–water partition coefficient (Wildman–Crippen LogP) is 1.69. The molecule has 2 aliphatic rings. The zero-order valence-corrected chi connectivity index (χ0v) is 15.2. The van der Waals surface area contributed by atoms with Gasteiger partial charge in [0.2, 0.25) is 0 Å². The van der Waals surface area contributed by atoms with Crippen molar-refractivity contribution in [2.75, 3.05) is 26.8 Å². The molecule has 0 bridgehead atoms. The van der Waals surface area contributed by atoms with Gasteiger partial charge in [0.15, 0.2) is 0 Å². The standard InChI is InChI=1S/C18H29N3O4/c1-14-19-7-11-20(14)8-3-9-21-10-6-18(24-2)5-4-15(12-16(18)21)25-13-17(22)23/h7,11,15-16H,3-6,8-10,12-13H2,1-2H3,(H,22,23)/t15-,16+,18-/m1/s1. The van der Waals surface area contributed by atoms with Crippen LogP contribution in [0.4, 0.5) is 0 Å². The lowest BCUT2D eigenvalue weighted by Crippen LogP contribution is -2.52. The number of aliphatic carboxylic acids is 1. The lowest BCUT2D eigenvalue weighted by Gasteiger charge is -2.43. The molecule has 7 nitrogen and oxygen atoms in total. The molecule has 0 unspecified atom stereocenters. The molecule has 3 rings (SSSR count). The molecule has 1 aliphatic carbocycles. The Morgan fingerprint density at radius 2 is 2.28 bits per heavy atom. The number of carboxylic acid groups (broad SMARTS) is 1. The number of likely N-dealkylation sites (tertiary alicyclic amines) is 1. The number of methoxy groups -OCH3 is 1. The van der Waals surface area contributed by atoms with E-state index in [9.17, 15) is 4.79 Å². The largest absolute Gasteiger partial charge is 0.480 e. The molecule has 1 aromatic heterocycles. The maximum atomic E-state index is 10.8. The Kier molecular flexibility index (Phi) is 5.76. The summed E-state index contributed by atoms with van der Waals surface area (Å²) < 4.78 is 13.7. The molecule has 1 saturated heterocycles. The van der Waals surface area contributed by atoms with Crippen LogP contribution in [-0.2, 0) is 20.8 Å². The fourth-order valence-electron chi connectivity index (χ4n) is 4.45. The SMILES string of the molecule is CO[C@@]12CC[C@@H](OCC(=O)O)C[C@@H]1N(CCCn1ccnc1C)CC2. The van der Waals surface area contributed by atoms with E-state index in [4.69, 9.17) is 14.6 Å². The molecule has 0 radical (unpaired) electrons. The Bertz CT molecular complexity index is 591. The average molecular weight is 351 g/mol. The highest BCUT2D eigenvalue weighted by molar-refractivity contribution is 5.68. The number of imidazole rings is 1. The van der Waals surface area contributed by atoms with E-state index in [1.807, 2.05) is 26.4 Å². The lowest BCUT2D eigenvalue weighted by molar-refractivity contribution is -0.148. The number of nitrogens with zero attached hydrogens (tertiary/aromatic N) is 3. The number of aromatic nitrogens is 2. The van der Waals surface area contributed by atoms with Gasteiger partial charge >= 0.3 is 5.97 Å². The number of fused-ring (bicyclic) bond motifs is 1. The Hall–Kier alpha value is -1.44. The highest BCUT2D eigenvalue weighted by Crippen LogP contribution is 2.43. The third-order valence-corrected chi connectivity index (χ3v) is 5.86. The summed E-state index contributed by atoms with van der Waals surface area (Å²) in [6, 6.07) is 0.314. The number of ether oxygens (including phenoxy) is 2. The van der Waals surface area contributed by atoms with Gasteiger partial charge in [-0.15, -0.1) is 0 Å². The van der Waals surface area contributed by atoms with Crippen LogP contribution in [0, 0.1) is 6.92 Å². The molecule has 3 atom stereocenters. The number of hydrogen-bond donors (Lipinski definition) is 1. The smallest absolute Gasteiger partial charge is 0.329 e. The Balaban J connectivity index is 1.56. The predicted molar refractivity (Wildman–Crippen MR) is 92.5 cm³/mol. The van der Waals surface area contributed by atoms with Gasteiger partial charge in [0.25, 0.3) is 0 Å². The van der Waals surface area contributed by atoms with Crippen LogP contribution >= 0.6 is 0 Å². The van der Waals surface area contributed by atoms with E-state index in [0.717, 1.165) is 57.6 Å². The second kappa shape index (κ2) is 7.85. The summed E-state index contributed by atoms with van der Waals surface area (Å²) in [5.74, 6) is 0.148. The van der Waals surface area contributed by atoms with Gasteiger partial charge in [0.05, 0.1) is 11.7 Å². The molecule has 2 fully saturated rings. The molecular formula is C18H29N3O4. The maximum Gasteiger partial charge on any atom is 0.329 e. The van der Waals surface area contributed by atoms with Crippen LogP contribution in [0.5, 0.6) is 0 Å². The molecule has 7 heteroatoms. The average Bonchev–Trinajstić information content (AvgIpc) is 3.17. The molecule has 140 valence electrons. The maximum absolute atomic E-state index is 10.8. The van der Waals surface area contributed by atoms with Crippen LogP contribution in [0.15, 0.2) is 12.4 Å². The van der Waals surface area contributed by atoms with Crippen molar-refractivity contribution in [2.45, 2.75) is 63.3 Å². The summed E-state index contributed by atoms with van der Waals surface area (Å²) in [6.07, 6.45) is 8.65. The zero-order valence-electron chi connectivity index (χ0n) is 15.2. The number of carbonyl (C=O) groups is 1. The van der Waals surface area contributed by atoms with Gasteiger partial charge in [-0.3, -0.25) is 4.90 Å². The van der Waals surface area contributed by atoms with Crippen LogP contribution in [0.25, 0.3) is 0 Å². The number of rotatable bonds is 8. The molecule has 1 saturated carbocycles. The first-order valence-corrected chi connectivity index (χ1v) is 9.14. The Labute approximate surface area is 148 Å². The van der Waals surface area contributed by atoms with E-state index >= 15 is 0 Å². The summed E-state index contributed by atoms with van der Waals surface area (Å²) in [5, 5.41) is 8.84. The second-order valence-electron chi connectivity index (χ2n) is 7.19. The van der Waals surface area contributed by atoms with Crippen molar-refractivity contribution in [1.82, 2.24) is 14.5 Å². The third-order valence-electron chi connectivity index (χ3n) is 5.86. The summed E-state index contributed by atoms with van der Waals surface area (Å²) >= 11 is 0. The van der Waals surface area contributed by atoms with Gasteiger partial charge < -0.3 is 19.1 Å². The highest BCUT2D eigenvalue weighted by atomic mass is 16.5. The van der Waals surface area contributed by atoms with Crippen LogP contribution in [-0.4, -0.2) is 70.1 Å². The van der Waals surface area contributed by atoms with Gasteiger partial charge in [0.1, 0.15) is 12.4 Å². The quantitative estimate of drug-likeness (QED) is 0.768. The van der Waals surface area contributed by atoms with Crippen molar-refractivity contribution in [3.8, 4) is 0 Å². The van der Waals surface area contributed by atoms with Crippen molar-refractivity contribution in [2.24, 2.45) is 0 Å². The van der Waals surface area contributed by atoms with Gasteiger partial charge in [-0.1, -0.05) is 0 Å².